The average molecular weight is 337 g/mol. The zero-order valence-corrected chi connectivity index (χ0v) is 13.6. The van der Waals surface area contributed by atoms with Gasteiger partial charge in [-0.15, -0.1) is 0 Å². The third-order valence-corrected chi connectivity index (χ3v) is 5.85. The Morgan fingerprint density at radius 1 is 1.36 bits per heavy atom. The van der Waals surface area contributed by atoms with Gasteiger partial charge in [0, 0.05) is 18.0 Å². The average Bonchev–Trinajstić information content (AvgIpc) is 2.82. The number of carbonyl (C=O) groups excluding carboxylic acids is 1. The zero-order valence-electron chi connectivity index (χ0n) is 12.0. The molecule has 1 saturated carbocycles. The Labute approximate surface area is 137 Å². The van der Waals surface area contributed by atoms with Gasteiger partial charge in [-0.3, -0.25) is 4.79 Å². The molecule has 22 heavy (non-hydrogen) atoms. The van der Waals surface area contributed by atoms with Crippen LogP contribution in [0, 0.1) is 11.8 Å². The number of halogens is 1. The molecule has 3 atom stereocenters. The van der Waals surface area contributed by atoms with Crippen LogP contribution in [0.1, 0.15) is 29.8 Å². The fraction of sp³-hybridized carbons (Fsp3) is 0.533. The molecule has 1 aliphatic heterocycles. The van der Waals surface area contributed by atoms with Crippen LogP contribution in [0.2, 0.25) is 5.15 Å². The highest BCUT2D eigenvalue weighted by molar-refractivity contribution is 7.13. The van der Waals surface area contributed by atoms with Crippen molar-refractivity contribution in [3.63, 3.8) is 0 Å². The molecular formula is C15H17ClN4OS. The van der Waals surface area contributed by atoms with E-state index in [1.165, 1.54) is 30.8 Å². The van der Waals surface area contributed by atoms with Gasteiger partial charge >= 0.3 is 0 Å². The Morgan fingerprint density at radius 2 is 2.27 bits per heavy atom. The van der Waals surface area contributed by atoms with Crippen molar-refractivity contribution < 1.29 is 4.79 Å². The van der Waals surface area contributed by atoms with Crippen LogP contribution in [-0.4, -0.2) is 34.4 Å². The highest BCUT2D eigenvalue weighted by Gasteiger charge is 2.39. The second kappa shape index (κ2) is 5.76. The molecule has 1 aliphatic carbocycles. The first-order chi connectivity index (χ1) is 10.7. The molecule has 0 radical (unpaired) electrons. The van der Waals surface area contributed by atoms with Crippen molar-refractivity contribution in [3.05, 3.63) is 23.0 Å². The summed E-state index contributed by atoms with van der Waals surface area (Å²) >= 11 is 7.10. The molecule has 0 spiro atoms. The Balaban J connectivity index is 1.55. The van der Waals surface area contributed by atoms with E-state index >= 15 is 0 Å². The van der Waals surface area contributed by atoms with Crippen LogP contribution in [0.3, 0.4) is 0 Å². The third-order valence-electron chi connectivity index (χ3n) is 4.89. The maximum atomic E-state index is 12.6. The minimum absolute atomic E-state index is 0.102. The van der Waals surface area contributed by atoms with Crippen LogP contribution in [0.25, 0.3) is 10.2 Å². The maximum absolute atomic E-state index is 12.6. The first kappa shape index (κ1) is 14.4. The molecule has 2 fully saturated rings. The second-order valence-electron chi connectivity index (χ2n) is 6.09. The number of nitrogens with zero attached hydrogens (tertiary/aromatic N) is 2. The lowest BCUT2D eigenvalue weighted by molar-refractivity contribution is 0.0845. The highest BCUT2D eigenvalue weighted by atomic mass is 35.5. The molecular weight excluding hydrogens is 320 g/mol. The molecule has 2 N–H and O–H groups in total. The van der Waals surface area contributed by atoms with Gasteiger partial charge in [0.05, 0.1) is 0 Å². The van der Waals surface area contributed by atoms with E-state index in [0.717, 1.165) is 24.4 Å². The van der Waals surface area contributed by atoms with Gasteiger partial charge in [-0.25, -0.2) is 4.98 Å². The number of aromatic nitrogens is 2. The number of hydrogen-bond acceptors (Lipinski definition) is 5. The number of pyridine rings is 1. The van der Waals surface area contributed by atoms with E-state index < -0.39 is 0 Å². The van der Waals surface area contributed by atoms with Crippen molar-refractivity contribution in [1.29, 1.82) is 0 Å². The van der Waals surface area contributed by atoms with E-state index in [1.807, 2.05) is 6.07 Å². The van der Waals surface area contributed by atoms with Gasteiger partial charge in [0.25, 0.3) is 5.91 Å². The number of nitrogens with one attached hydrogen (secondary N) is 2. The topological polar surface area (TPSA) is 66.9 Å². The SMILES string of the molecule is O=C(N[C@@H]1CNCCC2CC[C@@H]21)c1nsc2nc(Cl)ccc12. The van der Waals surface area contributed by atoms with E-state index in [-0.39, 0.29) is 11.9 Å². The van der Waals surface area contributed by atoms with E-state index in [2.05, 4.69) is 20.0 Å². The largest absolute Gasteiger partial charge is 0.346 e. The lowest BCUT2D eigenvalue weighted by Gasteiger charge is -2.40. The van der Waals surface area contributed by atoms with E-state index in [9.17, 15) is 4.79 Å². The number of rotatable bonds is 2. The molecule has 1 unspecified atom stereocenters. The Bertz CT molecular complexity index is 719. The van der Waals surface area contributed by atoms with Crippen LogP contribution in [0.5, 0.6) is 0 Å². The predicted octanol–water partition coefficient (Wildman–Crippen LogP) is 2.46. The molecule has 3 heterocycles. The molecule has 4 rings (SSSR count). The predicted molar refractivity (Wildman–Crippen MR) is 87.4 cm³/mol. The minimum atomic E-state index is -0.102. The summed E-state index contributed by atoms with van der Waals surface area (Å²) in [6.07, 6.45) is 3.73. The fourth-order valence-corrected chi connectivity index (χ4v) is 4.50. The summed E-state index contributed by atoms with van der Waals surface area (Å²) in [4.78, 5) is 17.5. The smallest absolute Gasteiger partial charge is 0.271 e. The lowest BCUT2D eigenvalue weighted by atomic mass is 9.69. The van der Waals surface area contributed by atoms with Crippen LogP contribution in [0.15, 0.2) is 12.1 Å². The third kappa shape index (κ3) is 2.49. The fourth-order valence-electron chi connectivity index (χ4n) is 3.54. The first-order valence-corrected chi connectivity index (χ1v) is 8.81. The van der Waals surface area contributed by atoms with Crippen molar-refractivity contribution >= 4 is 39.3 Å². The van der Waals surface area contributed by atoms with Gasteiger partial charge in [0.1, 0.15) is 9.98 Å². The monoisotopic (exact) mass is 336 g/mol. The molecule has 2 aromatic heterocycles. The molecule has 1 saturated heterocycles. The summed E-state index contributed by atoms with van der Waals surface area (Å²) in [5.41, 5.74) is 0.462. The summed E-state index contributed by atoms with van der Waals surface area (Å²) in [6.45, 7) is 1.90. The standard InChI is InChI=1S/C15H17ClN4OS/c16-12-4-3-10-13(20-22-15(10)19-12)14(21)18-11-7-17-6-5-8-1-2-9(8)11/h3-4,8-9,11,17H,1-2,5-7H2,(H,18,21)/t8?,9-,11+/m0/s1. The van der Waals surface area contributed by atoms with Crippen molar-refractivity contribution in [2.75, 3.05) is 13.1 Å². The second-order valence-corrected chi connectivity index (χ2v) is 7.23. The van der Waals surface area contributed by atoms with Gasteiger partial charge in [-0.2, -0.15) is 4.37 Å². The quantitative estimate of drug-likeness (QED) is 0.827. The summed E-state index contributed by atoms with van der Waals surface area (Å²) in [5, 5.41) is 7.81. The summed E-state index contributed by atoms with van der Waals surface area (Å²) in [5.74, 6) is 1.26. The Kier molecular flexibility index (Phi) is 3.76. The van der Waals surface area contributed by atoms with Crippen LogP contribution < -0.4 is 10.6 Å². The molecule has 1 amide bonds. The van der Waals surface area contributed by atoms with Gasteiger partial charge in [-0.1, -0.05) is 11.6 Å². The summed E-state index contributed by atoms with van der Waals surface area (Å²) in [7, 11) is 0. The van der Waals surface area contributed by atoms with Crippen molar-refractivity contribution in [2.24, 2.45) is 11.8 Å². The highest BCUT2D eigenvalue weighted by Crippen LogP contribution is 2.40. The van der Waals surface area contributed by atoms with E-state index in [4.69, 9.17) is 11.6 Å². The number of amides is 1. The molecule has 7 heteroatoms. The van der Waals surface area contributed by atoms with Crippen molar-refractivity contribution in [1.82, 2.24) is 20.0 Å². The van der Waals surface area contributed by atoms with Gasteiger partial charge in [-0.05, 0) is 61.3 Å². The minimum Gasteiger partial charge on any atom is -0.346 e. The van der Waals surface area contributed by atoms with Gasteiger partial charge in [0.2, 0.25) is 0 Å². The normalized spacial score (nSPS) is 27.8. The molecule has 0 bridgehead atoms. The summed E-state index contributed by atoms with van der Waals surface area (Å²) in [6, 6.07) is 3.72. The number of hydrogen-bond donors (Lipinski definition) is 2. The van der Waals surface area contributed by atoms with Crippen LogP contribution in [-0.2, 0) is 0 Å². The number of carbonyl (C=O) groups is 1. The molecule has 0 aromatic carbocycles. The Morgan fingerprint density at radius 3 is 3.09 bits per heavy atom. The Hall–Kier alpha value is -1.24. The van der Waals surface area contributed by atoms with Crippen LogP contribution >= 0.6 is 23.1 Å². The number of fused-ring (bicyclic) bond motifs is 2. The van der Waals surface area contributed by atoms with Crippen molar-refractivity contribution in [3.8, 4) is 0 Å². The van der Waals surface area contributed by atoms with E-state index in [0.29, 0.717) is 21.6 Å². The molecule has 116 valence electrons. The maximum Gasteiger partial charge on any atom is 0.271 e. The first-order valence-electron chi connectivity index (χ1n) is 7.66. The lowest BCUT2D eigenvalue weighted by Crippen LogP contribution is -2.49. The van der Waals surface area contributed by atoms with Crippen molar-refractivity contribution in [2.45, 2.75) is 25.3 Å². The zero-order chi connectivity index (χ0) is 15.1. The summed E-state index contributed by atoms with van der Waals surface area (Å²) < 4.78 is 4.28. The van der Waals surface area contributed by atoms with Gasteiger partial charge < -0.3 is 10.6 Å². The molecule has 2 aromatic rings. The van der Waals surface area contributed by atoms with Crippen LogP contribution in [0.4, 0.5) is 0 Å². The van der Waals surface area contributed by atoms with Gasteiger partial charge in [0.15, 0.2) is 5.69 Å². The molecule has 5 nitrogen and oxygen atoms in total. The molecule has 2 aliphatic rings. The van der Waals surface area contributed by atoms with E-state index in [1.54, 1.807) is 6.07 Å².